The summed E-state index contributed by atoms with van der Waals surface area (Å²) in [6.45, 7) is 0. The van der Waals surface area contributed by atoms with Crippen LogP contribution in [0.25, 0.3) is 0 Å². The molecular formula is C22H17F3N4O2. The van der Waals surface area contributed by atoms with Gasteiger partial charge >= 0.3 is 5.69 Å². The van der Waals surface area contributed by atoms with Crippen LogP contribution in [0.2, 0.25) is 0 Å². The van der Waals surface area contributed by atoms with E-state index >= 15 is 0 Å². The maximum Gasteiger partial charge on any atom is 0.346 e. The molecule has 0 unspecified atom stereocenters. The summed E-state index contributed by atoms with van der Waals surface area (Å²) in [6, 6.07) is 8.52. The van der Waals surface area contributed by atoms with Crippen LogP contribution in [-0.2, 0) is 6.42 Å². The number of ether oxygens (including phenoxy) is 1. The van der Waals surface area contributed by atoms with Crippen molar-refractivity contribution in [1.29, 1.82) is 5.26 Å². The number of hydrogen-bond acceptors (Lipinski definition) is 4. The van der Waals surface area contributed by atoms with Crippen molar-refractivity contribution in [1.82, 2.24) is 14.3 Å². The fourth-order valence-corrected chi connectivity index (χ4v) is 4.32. The Morgan fingerprint density at radius 2 is 1.84 bits per heavy atom. The Morgan fingerprint density at radius 3 is 2.52 bits per heavy atom. The van der Waals surface area contributed by atoms with Gasteiger partial charge in [-0.2, -0.15) is 10.4 Å². The topological polar surface area (TPSA) is 72.8 Å². The lowest BCUT2D eigenvalue weighted by Gasteiger charge is -2.34. The van der Waals surface area contributed by atoms with Crippen LogP contribution in [0.3, 0.4) is 0 Å². The number of benzene rings is 2. The summed E-state index contributed by atoms with van der Waals surface area (Å²) >= 11 is 0. The van der Waals surface area contributed by atoms with Crippen molar-refractivity contribution in [3.63, 3.8) is 0 Å². The number of aromatic nitrogens is 3. The number of fused-ring (bicyclic) bond motifs is 1. The largest absolute Gasteiger partial charge is 0.490 e. The predicted octanol–water partition coefficient (Wildman–Crippen LogP) is 3.65. The van der Waals surface area contributed by atoms with E-state index in [0.717, 1.165) is 6.07 Å². The van der Waals surface area contributed by atoms with Crippen molar-refractivity contribution in [2.45, 2.75) is 43.9 Å². The number of aryl methyl sites for hydroxylation is 1. The van der Waals surface area contributed by atoms with Crippen molar-refractivity contribution in [2.24, 2.45) is 0 Å². The van der Waals surface area contributed by atoms with Gasteiger partial charge in [-0.25, -0.2) is 22.6 Å². The molecule has 9 heteroatoms. The first-order valence-corrected chi connectivity index (χ1v) is 9.95. The van der Waals surface area contributed by atoms with Gasteiger partial charge in [-0.05, 0) is 36.2 Å². The zero-order valence-corrected chi connectivity index (χ0v) is 16.3. The summed E-state index contributed by atoms with van der Waals surface area (Å²) in [7, 11) is 0. The molecule has 1 fully saturated rings. The normalized spacial score (nSPS) is 21.9. The summed E-state index contributed by atoms with van der Waals surface area (Å²) in [5.74, 6) is -1.08. The van der Waals surface area contributed by atoms with E-state index in [2.05, 4.69) is 5.10 Å². The van der Waals surface area contributed by atoms with Gasteiger partial charge in [-0.3, -0.25) is 4.57 Å². The molecule has 0 bridgehead atoms. The van der Waals surface area contributed by atoms with Crippen LogP contribution >= 0.6 is 0 Å². The molecule has 1 aromatic heterocycles. The van der Waals surface area contributed by atoms with E-state index in [1.807, 2.05) is 0 Å². The Hall–Kier alpha value is -3.54. The van der Waals surface area contributed by atoms with Gasteiger partial charge in [0.25, 0.3) is 0 Å². The molecule has 0 saturated heterocycles. The van der Waals surface area contributed by atoms with Crippen LogP contribution in [0, 0.1) is 28.8 Å². The van der Waals surface area contributed by atoms with E-state index in [1.165, 1.54) is 39.6 Å². The minimum Gasteiger partial charge on any atom is -0.490 e. The third-order valence-corrected chi connectivity index (χ3v) is 5.91. The Balaban J connectivity index is 1.31. The summed E-state index contributed by atoms with van der Waals surface area (Å²) in [5.41, 5.74) is 0.0521. The monoisotopic (exact) mass is 426 g/mol. The predicted molar refractivity (Wildman–Crippen MR) is 103 cm³/mol. The molecule has 2 aliphatic rings. The molecule has 1 atom stereocenters. The first-order chi connectivity index (χ1) is 14.9. The Kier molecular flexibility index (Phi) is 4.58. The fourth-order valence-electron chi connectivity index (χ4n) is 4.32. The van der Waals surface area contributed by atoms with E-state index in [4.69, 9.17) is 10.00 Å². The van der Waals surface area contributed by atoms with Crippen molar-refractivity contribution in [3.05, 3.63) is 81.3 Å². The van der Waals surface area contributed by atoms with Gasteiger partial charge in [0.05, 0.1) is 17.6 Å². The van der Waals surface area contributed by atoms with Crippen LogP contribution in [0.5, 0.6) is 5.75 Å². The minimum absolute atomic E-state index is 0.0503. The number of halogens is 3. The smallest absolute Gasteiger partial charge is 0.346 e. The Bertz CT molecular complexity index is 1250. The highest BCUT2D eigenvalue weighted by Gasteiger charge is 2.37. The van der Waals surface area contributed by atoms with Crippen LogP contribution in [-0.4, -0.2) is 20.5 Å². The van der Waals surface area contributed by atoms with Gasteiger partial charge in [0, 0.05) is 31.4 Å². The van der Waals surface area contributed by atoms with E-state index in [0.29, 0.717) is 42.8 Å². The standard InChI is InChI=1S/C22H17F3N4O2/c23-14-5-13(6-15(24)7-14)20-3-4-21-27-29(22(30)28(20)21)16-8-18(9-16)31-17-2-1-12(11-26)19(25)10-17/h1-2,5-7,10,16,18,20H,3-4,8-9H2/t16-,18-,20-/m0/s1. The molecule has 1 aliphatic heterocycles. The molecule has 5 rings (SSSR count). The second-order valence-electron chi connectivity index (χ2n) is 7.89. The van der Waals surface area contributed by atoms with Crippen LogP contribution < -0.4 is 10.4 Å². The van der Waals surface area contributed by atoms with Crippen molar-refractivity contribution in [3.8, 4) is 11.8 Å². The maximum atomic E-state index is 13.7. The molecule has 0 radical (unpaired) electrons. The summed E-state index contributed by atoms with van der Waals surface area (Å²) in [6.07, 6.45) is 1.95. The van der Waals surface area contributed by atoms with Gasteiger partial charge in [-0.15, -0.1) is 0 Å². The molecule has 3 aromatic rings. The molecule has 0 N–H and O–H groups in total. The van der Waals surface area contributed by atoms with E-state index in [-0.39, 0.29) is 23.4 Å². The molecule has 2 heterocycles. The molecule has 0 amide bonds. The summed E-state index contributed by atoms with van der Waals surface area (Å²) in [4.78, 5) is 13.0. The average molecular weight is 426 g/mol. The fraction of sp³-hybridized carbons (Fsp3) is 0.318. The third kappa shape index (κ3) is 3.38. The summed E-state index contributed by atoms with van der Waals surface area (Å²) in [5, 5.41) is 13.2. The quantitative estimate of drug-likeness (QED) is 0.639. The number of nitrogens with zero attached hydrogens (tertiary/aromatic N) is 4. The number of hydrogen-bond donors (Lipinski definition) is 0. The zero-order chi connectivity index (χ0) is 21.7. The molecule has 1 aliphatic carbocycles. The number of rotatable bonds is 4. The highest BCUT2D eigenvalue weighted by atomic mass is 19.1. The van der Waals surface area contributed by atoms with Gasteiger partial charge < -0.3 is 4.74 Å². The van der Waals surface area contributed by atoms with Gasteiger partial charge in [0.1, 0.15) is 41.2 Å². The lowest BCUT2D eigenvalue weighted by atomic mass is 9.89. The third-order valence-electron chi connectivity index (χ3n) is 5.91. The number of nitriles is 1. The van der Waals surface area contributed by atoms with E-state index < -0.39 is 23.5 Å². The minimum atomic E-state index is -0.679. The van der Waals surface area contributed by atoms with Gasteiger partial charge in [0.2, 0.25) is 0 Å². The van der Waals surface area contributed by atoms with E-state index in [1.54, 1.807) is 6.07 Å². The van der Waals surface area contributed by atoms with Crippen molar-refractivity contribution in [2.75, 3.05) is 0 Å². The molecule has 2 aromatic carbocycles. The first-order valence-electron chi connectivity index (χ1n) is 9.95. The van der Waals surface area contributed by atoms with Crippen LogP contribution in [0.4, 0.5) is 13.2 Å². The molecule has 0 spiro atoms. The van der Waals surface area contributed by atoms with Crippen molar-refractivity contribution >= 4 is 0 Å². The van der Waals surface area contributed by atoms with Crippen LogP contribution in [0.1, 0.15) is 48.3 Å². The second kappa shape index (κ2) is 7.30. The molecular weight excluding hydrogens is 409 g/mol. The maximum absolute atomic E-state index is 13.7. The lowest BCUT2D eigenvalue weighted by molar-refractivity contribution is 0.0620. The highest BCUT2D eigenvalue weighted by Crippen LogP contribution is 2.36. The van der Waals surface area contributed by atoms with Crippen molar-refractivity contribution < 1.29 is 17.9 Å². The highest BCUT2D eigenvalue weighted by molar-refractivity contribution is 5.36. The molecule has 158 valence electrons. The van der Waals surface area contributed by atoms with Gasteiger partial charge in [0.15, 0.2) is 0 Å². The Labute approximate surface area is 175 Å². The Morgan fingerprint density at radius 1 is 1.10 bits per heavy atom. The first kappa shape index (κ1) is 19.4. The van der Waals surface area contributed by atoms with Crippen LogP contribution in [0.15, 0.2) is 41.2 Å². The summed E-state index contributed by atoms with van der Waals surface area (Å²) < 4.78 is 49.7. The molecule has 31 heavy (non-hydrogen) atoms. The zero-order valence-electron chi connectivity index (χ0n) is 16.3. The SMILES string of the molecule is N#Cc1ccc(O[C@H]2C[C@H](n3nc4n(c3=O)[C@H](c3cc(F)cc(F)c3)CC4)C2)cc1F. The van der Waals surface area contributed by atoms with E-state index in [9.17, 15) is 18.0 Å². The van der Waals surface area contributed by atoms with Gasteiger partial charge in [-0.1, -0.05) is 0 Å². The lowest BCUT2D eigenvalue weighted by Crippen LogP contribution is -2.41. The molecule has 1 saturated carbocycles. The second-order valence-corrected chi connectivity index (χ2v) is 7.89. The average Bonchev–Trinajstić information content (AvgIpc) is 3.24. The molecule has 6 nitrogen and oxygen atoms in total.